The number of aromatic amines is 1. The number of carboxylic acids is 1. The Labute approximate surface area is 237 Å². The highest BCUT2D eigenvalue weighted by atomic mass is 127. The molecule has 0 fully saturated rings. The second-order valence-corrected chi connectivity index (χ2v) is 9.72. The molecule has 0 spiro atoms. The lowest BCUT2D eigenvalue weighted by Gasteiger charge is -2.35. The summed E-state index contributed by atoms with van der Waals surface area (Å²) in [6.07, 6.45) is -5.73. The molecule has 40 heavy (non-hydrogen) atoms. The maximum Gasteiger partial charge on any atom is 0.490 e. The predicted molar refractivity (Wildman–Crippen MR) is 144 cm³/mol. The largest absolute Gasteiger partial charge is 0.490 e. The molecule has 0 radical (unpaired) electrons. The van der Waals surface area contributed by atoms with E-state index in [2.05, 4.69) is 42.6 Å². The maximum absolute atomic E-state index is 13.4. The normalized spacial score (nSPS) is 16.2. The molecule has 1 aliphatic rings. The summed E-state index contributed by atoms with van der Waals surface area (Å²) >= 11 is 2.22. The molecule has 0 saturated carbocycles. The molecule has 2 amide bonds. The third-order valence-corrected chi connectivity index (χ3v) is 6.60. The standard InChI is InChI=1S/C24H19IN4O4.C2HF3O2/c1-33-23(31)28-22-26-19-10-9-15(12-20(19)27-22)24(32)18-8-3-2-7-17(18)21(30)29(24)13-14-5-4-6-16(25)11-14;3-2(4,5)1(6)7/h2-12,32H,13H2,1H3,(H2,26,27,28,31);(H,6,7). The van der Waals surface area contributed by atoms with Gasteiger partial charge in [0.15, 0.2) is 5.72 Å². The van der Waals surface area contributed by atoms with Crippen LogP contribution in [0.3, 0.4) is 0 Å². The Morgan fingerprint density at radius 3 is 2.48 bits per heavy atom. The van der Waals surface area contributed by atoms with Gasteiger partial charge in [0.2, 0.25) is 5.95 Å². The number of H-pyrrole nitrogens is 1. The Kier molecular flexibility index (Phi) is 8.02. The number of aliphatic carboxylic acids is 1. The van der Waals surface area contributed by atoms with Crippen LogP contribution in [0.5, 0.6) is 0 Å². The number of benzene rings is 3. The molecule has 3 aromatic carbocycles. The number of ether oxygens (including phenoxy) is 1. The Morgan fingerprint density at radius 2 is 1.82 bits per heavy atom. The number of nitrogens with zero attached hydrogens (tertiary/aromatic N) is 2. The molecule has 208 valence electrons. The van der Waals surface area contributed by atoms with Crippen LogP contribution in [-0.4, -0.2) is 56.3 Å². The van der Waals surface area contributed by atoms with Crippen molar-refractivity contribution >= 4 is 57.5 Å². The number of carboxylic acid groups (broad SMARTS) is 1. The van der Waals surface area contributed by atoms with Crippen LogP contribution in [0.1, 0.15) is 27.0 Å². The number of methoxy groups -OCH3 is 1. The van der Waals surface area contributed by atoms with Crippen molar-refractivity contribution in [1.82, 2.24) is 14.9 Å². The molecular weight excluding hydrogens is 648 g/mol. The van der Waals surface area contributed by atoms with E-state index in [0.717, 1.165) is 9.13 Å². The van der Waals surface area contributed by atoms with Gasteiger partial charge in [-0.2, -0.15) is 13.2 Å². The van der Waals surface area contributed by atoms with Crippen LogP contribution < -0.4 is 5.32 Å². The first kappa shape index (κ1) is 28.8. The van der Waals surface area contributed by atoms with Crippen LogP contribution in [-0.2, 0) is 21.8 Å². The van der Waals surface area contributed by atoms with Gasteiger partial charge in [-0.1, -0.05) is 36.4 Å². The summed E-state index contributed by atoms with van der Waals surface area (Å²) in [7, 11) is 1.27. The topological polar surface area (TPSA) is 145 Å². The van der Waals surface area contributed by atoms with Crippen molar-refractivity contribution in [1.29, 1.82) is 0 Å². The average Bonchev–Trinajstić information content (AvgIpc) is 3.40. The molecule has 4 N–H and O–H groups in total. The van der Waals surface area contributed by atoms with E-state index in [1.807, 2.05) is 24.3 Å². The first-order valence-electron chi connectivity index (χ1n) is 11.4. The minimum Gasteiger partial charge on any atom is -0.475 e. The highest BCUT2D eigenvalue weighted by molar-refractivity contribution is 14.1. The van der Waals surface area contributed by atoms with Crippen molar-refractivity contribution in [2.75, 3.05) is 12.4 Å². The summed E-state index contributed by atoms with van der Waals surface area (Å²) in [5, 5.41) is 21.7. The number of fused-ring (bicyclic) bond motifs is 2. The number of anilines is 1. The van der Waals surface area contributed by atoms with Gasteiger partial charge in [0.05, 0.1) is 18.1 Å². The molecule has 1 aliphatic heterocycles. The number of carbonyl (C=O) groups is 3. The number of hydrogen-bond donors (Lipinski definition) is 4. The summed E-state index contributed by atoms with van der Waals surface area (Å²) in [6, 6.07) is 20.1. The molecule has 1 aromatic heterocycles. The van der Waals surface area contributed by atoms with Crippen LogP contribution in [0, 0.1) is 3.57 Å². The number of alkyl halides is 3. The lowest BCUT2D eigenvalue weighted by Crippen LogP contribution is -2.44. The Morgan fingerprint density at radius 1 is 1.12 bits per heavy atom. The maximum atomic E-state index is 13.4. The quantitative estimate of drug-likeness (QED) is 0.228. The van der Waals surface area contributed by atoms with Crippen LogP contribution in [0.2, 0.25) is 0 Å². The zero-order valence-electron chi connectivity index (χ0n) is 20.5. The Hall–Kier alpha value is -4.18. The van der Waals surface area contributed by atoms with Crippen LogP contribution in [0.4, 0.5) is 23.9 Å². The van der Waals surface area contributed by atoms with Crippen molar-refractivity contribution in [3.63, 3.8) is 0 Å². The van der Waals surface area contributed by atoms with Crippen molar-refractivity contribution < 1.29 is 42.5 Å². The third kappa shape index (κ3) is 5.72. The second-order valence-electron chi connectivity index (χ2n) is 8.48. The van der Waals surface area contributed by atoms with E-state index in [0.29, 0.717) is 27.7 Å². The van der Waals surface area contributed by atoms with E-state index in [4.69, 9.17) is 9.90 Å². The molecule has 1 atom stereocenters. The first-order chi connectivity index (χ1) is 18.8. The van der Waals surface area contributed by atoms with Crippen molar-refractivity contribution in [3.05, 3.63) is 92.6 Å². The van der Waals surface area contributed by atoms with Crippen LogP contribution in [0.25, 0.3) is 11.0 Å². The highest BCUT2D eigenvalue weighted by Crippen LogP contribution is 2.43. The van der Waals surface area contributed by atoms with E-state index in [1.165, 1.54) is 12.0 Å². The number of hydrogen-bond acceptors (Lipinski definition) is 6. The molecule has 0 bridgehead atoms. The monoisotopic (exact) mass is 668 g/mol. The van der Waals surface area contributed by atoms with E-state index in [9.17, 15) is 27.9 Å². The molecule has 1 unspecified atom stereocenters. The summed E-state index contributed by atoms with van der Waals surface area (Å²) in [5.74, 6) is -2.78. The SMILES string of the molecule is COC(=O)Nc1nc2ccc(C3(O)c4ccccc4C(=O)N3Cc3cccc(I)c3)cc2[nH]1.O=C(O)C(F)(F)F. The second kappa shape index (κ2) is 11.1. The van der Waals surface area contributed by atoms with E-state index in [1.54, 1.807) is 42.5 Å². The zero-order chi connectivity index (χ0) is 29.2. The van der Waals surface area contributed by atoms with E-state index in [-0.39, 0.29) is 18.4 Å². The van der Waals surface area contributed by atoms with Gasteiger partial charge in [0.25, 0.3) is 5.91 Å². The fraction of sp³-hybridized carbons (Fsp3) is 0.154. The lowest BCUT2D eigenvalue weighted by molar-refractivity contribution is -0.192. The van der Waals surface area contributed by atoms with E-state index < -0.39 is 24.0 Å². The molecule has 0 saturated heterocycles. The molecule has 4 aromatic rings. The van der Waals surface area contributed by atoms with Crippen LogP contribution >= 0.6 is 22.6 Å². The summed E-state index contributed by atoms with van der Waals surface area (Å²) in [6.45, 7) is 0.233. The Bertz CT molecular complexity index is 1610. The number of amides is 2. The van der Waals surface area contributed by atoms with E-state index >= 15 is 0 Å². The zero-order valence-corrected chi connectivity index (χ0v) is 22.6. The Balaban J connectivity index is 0.000000470. The number of aliphatic hydroxyl groups is 1. The van der Waals surface area contributed by atoms with Gasteiger partial charge < -0.3 is 19.9 Å². The van der Waals surface area contributed by atoms with Crippen molar-refractivity contribution in [3.8, 4) is 0 Å². The van der Waals surface area contributed by atoms with Gasteiger partial charge in [-0.25, -0.2) is 14.6 Å². The highest BCUT2D eigenvalue weighted by Gasteiger charge is 2.49. The molecule has 0 aliphatic carbocycles. The van der Waals surface area contributed by atoms with Gasteiger partial charge in [0.1, 0.15) is 0 Å². The first-order valence-corrected chi connectivity index (χ1v) is 12.5. The minimum absolute atomic E-state index is 0.222. The predicted octanol–water partition coefficient (Wildman–Crippen LogP) is 4.83. The summed E-state index contributed by atoms with van der Waals surface area (Å²) in [5.41, 5.74) is 1.91. The smallest absolute Gasteiger partial charge is 0.475 e. The van der Waals surface area contributed by atoms with Crippen molar-refractivity contribution in [2.45, 2.75) is 18.4 Å². The molecule has 10 nitrogen and oxygen atoms in total. The van der Waals surface area contributed by atoms with Gasteiger partial charge in [-0.3, -0.25) is 15.0 Å². The fourth-order valence-corrected chi connectivity index (χ4v) is 4.77. The number of carbonyl (C=O) groups excluding carboxylic acids is 2. The van der Waals surface area contributed by atoms with Gasteiger partial charge in [-0.05, 0) is 58.5 Å². The average molecular weight is 668 g/mol. The van der Waals surface area contributed by atoms with Gasteiger partial charge >= 0.3 is 18.2 Å². The molecule has 14 heteroatoms. The van der Waals surface area contributed by atoms with Crippen molar-refractivity contribution in [2.24, 2.45) is 0 Å². The number of rotatable bonds is 4. The van der Waals surface area contributed by atoms with Gasteiger partial charge in [0, 0.05) is 26.8 Å². The van der Waals surface area contributed by atoms with Crippen LogP contribution in [0.15, 0.2) is 66.7 Å². The molecular formula is C26H20F3IN4O6. The number of nitrogens with one attached hydrogen (secondary N) is 2. The summed E-state index contributed by atoms with van der Waals surface area (Å²) < 4.78 is 37.4. The lowest BCUT2D eigenvalue weighted by atomic mass is 9.93. The minimum atomic E-state index is -5.08. The molecule has 2 heterocycles. The number of imidazole rings is 1. The number of aromatic nitrogens is 2. The third-order valence-electron chi connectivity index (χ3n) is 5.93. The fourth-order valence-electron chi connectivity index (χ4n) is 4.16. The molecule has 5 rings (SSSR count). The van der Waals surface area contributed by atoms with Gasteiger partial charge in [-0.15, -0.1) is 0 Å². The summed E-state index contributed by atoms with van der Waals surface area (Å²) in [4.78, 5) is 42.6. The number of halogens is 4.